The number of nitrogens with two attached hydrogens (primary N) is 1. The summed E-state index contributed by atoms with van der Waals surface area (Å²) in [5.74, 6) is -2.37. The Kier molecular flexibility index (Phi) is 7.73. The van der Waals surface area contributed by atoms with Crippen molar-refractivity contribution in [2.45, 2.75) is 70.9 Å². The normalized spacial score (nSPS) is 15.0. The Bertz CT molecular complexity index is 1270. The number of hydrogen-bond acceptors (Lipinski definition) is 1. The lowest BCUT2D eigenvalue weighted by Crippen LogP contribution is -2.35. The Morgan fingerprint density at radius 2 is 1.61 bits per heavy atom. The molecule has 2 atom stereocenters. The van der Waals surface area contributed by atoms with Gasteiger partial charge in [-0.15, -0.1) is 0 Å². The zero-order valence-corrected chi connectivity index (χ0v) is 21.5. The number of nitrogens with zero attached hydrogens (tertiary/aromatic N) is 1. The lowest BCUT2D eigenvalue weighted by molar-refractivity contribution is -0.137. The molecule has 0 spiro atoms. The highest BCUT2D eigenvalue weighted by molar-refractivity contribution is 7.84. The Labute approximate surface area is 209 Å². The van der Waals surface area contributed by atoms with Crippen LogP contribution in [0.3, 0.4) is 0 Å². The monoisotopic (exact) mass is 532 g/mol. The van der Waals surface area contributed by atoms with E-state index in [1.54, 1.807) is 4.57 Å². The molecule has 0 saturated carbocycles. The van der Waals surface area contributed by atoms with Crippen molar-refractivity contribution in [3.05, 3.63) is 59.5 Å². The van der Waals surface area contributed by atoms with Gasteiger partial charge in [-0.3, -0.25) is 5.14 Å². The predicted octanol–water partition coefficient (Wildman–Crippen LogP) is 7.65. The van der Waals surface area contributed by atoms with Gasteiger partial charge in [0.05, 0.1) is 21.3 Å². The number of fused-ring (bicyclic) bond motifs is 1. The summed E-state index contributed by atoms with van der Waals surface area (Å²) in [5, 5.41) is 5.70. The molecule has 1 aromatic heterocycles. The molecule has 3 rings (SSSR count). The maximum absolute atomic E-state index is 15.4. The smallest absolute Gasteiger partial charge is 0.347 e. The molecule has 2 N–H and O–H groups in total. The third kappa shape index (κ3) is 5.96. The highest BCUT2D eigenvalue weighted by Gasteiger charge is 2.37. The highest BCUT2D eigenvalue weighted by atomic mass is 32.2. The van der Waals surface area contributed by atoms with Crippen LogP contribution in [0.1, 0.15) is 58.1 Å². The van der Waals surface area contributed by atoms with Gasteiger partial charge in [0.2, 0.25) is 6.43 Å². The first-order valence-electron chi connectivity index (χ1n) is 11.4. The molecule has 0 bridgehead atoms. The van der Waals surface area contributed by atoms with Crippen molar-refractivity contribution in [1.82, 2.24) is 4.57 Å². The minimum absolute atomic E-state index is 0.136. The van der Waals surface area contributed by atoms with Crippen LogP contribution in [0, 0.1) is 11.2 Å². The second kappa shape index (κ2) is 9.85. The van der Waals surface area contributed by atoms with Crippen LogP contribution in [0.4, 0.5) is 26.3 Å². The van der Waals surface area contributed by atoms with Gasteiger partial charge in [-0.1, -0.05) is 39.0 Å². The van der Waals surface area contributed by atoms with E-state index in [-0.39, 0.29) is 33.9 Å². The van der Waals surface area contributed by atoms with Crippen LogP contribution in [0.25, 0.3) is 22.0 Å². The summed E-state index contributed by atoms with van der Waals surface area (Å²) in [7, 11) is -1.89. The molecular formula is C26H30F6N2OS. The second-order valence-electron chi connectivity index (χ2n) is 10.9. The van der Waals surface area contributed by atoms with Crippen molar-refractivity contribution in [1.29, 1.82) is 0 Å². The van der Waals surface area contributed by atoms with E-state index in [4.69, 9.17) is 5.14 Å². The average molecular weight is 533 g/mol. The minimum Gasteiger partial charge on any atom is -0.347 e. The van der Waals surface area contributed by atoms with Gasteiger partial charge in [0.15, 0.2) is 0 Å². The van der Waals surface area contributed by atoms with Crippen molar-refractivity contribution < 1.29 is 30.6 Å². The first-order chi connectivity index (χ1) is 16.4. The zero-order chi connectivity index (χ0) is 27.2. The van der Waals surface area contributed by atoms with E-state index in [0.717, 1.165) is 12.1 Å². The van der Waals surface area contributed by atoms with E-state index in [2.05, 4.69) is 0 Å². The predicted molar refractivity (Wildman–Crippen MR) is 132 cm³/mol. The molecule has 3 aromatic rings. The number of benzene rings is 2. The Morgan fingerprint density at radius 1 is 1.00 bits per heavy atom. The van der Waals surface area contributed by atoms with Crippen LogP contribution in [-0.4, -0.2) is 19.9 Å². The van der Waals surface area contributed by atoms with Gasteiger partial charge in [-0.2, -0.15) is 13.2 Å². The van der Waals surface area contributed by atoms with E-state index in [1.807, 2.05) is 20.8 Å². The molecule has 0 fully saturated rings. The van der Waals surface area contributed by atoms with Crippen LogP contribution >= 0.6 is 0 Å². The van der Waals surface area contributed by atoms with Crippen LogP contribution in [0.5, 0.6) is 0 Å². The zero-order valence-electron chi connectivity index (χ0n) is 20.7. The Morgan fingerprint density at radius 3 is 2.14 bits per heavy atom. The maximum Gasteiger partial charge on any atom is 0.417 e. The summed E-state index contributed by atoms with van der Waals surface area (Å²) in [6, 6.07) is 6.98. The number of alkyl halides is 5. The third-order valence-corrected chi connectivity index (χ3v) is 7.38. The largest absolute Gasteiger partial charge is 0.417 e. The molecule has 1 heterocycles. The molecule has 0 aliphatic carbocycles. The molecular weight excluding hydrogens is 502 g/mol. The van der Waals surface area contributed by atoms with Crippen molar-refractivity contribution in [2.24, 2.45) is 10.6 Å². The van der Waals surface area contributed by atoms with Crippen molar-refractivity contribution >= 4 is 21.9 Å². The molecule has 36 heavy (non-hydrogen) atoms. The Balaban J connectivity index is 2.31. The molecule has 0 saturated heterocycles. The molecule has 0 aliphatic heterocycles. The van der Waals surface area contributed by atoms with E-state index < -0.39 is 45.6 Å². The number of rotatable bonds is 7. The SMILES string of the molecule is CC(C)(C)Cn1cc([C@H](CC(C)(C)S(N)=O)C(F)F)c2cc(F)c(-c3ccccc3C(F)(F)F)cc21. The molecule has 0 amide bonds. The van der Waals surface area contributed by atoms with E-state index in [0.29, 0.717) is 12.1 Å². The summed E-state index contributed by atoms with van der Waals surface area (Å²) >= 11 is 0. The summed E-state index contributed by atoms with van der Waals surface area (Å²) in [5.41, 5.74) is -1.44. The first kappa shape index (κ1) is 28.2. The van der Waals surface area contributed by atoms with Gasteiger partial charge in [0.25, 0.3) is 0 Å². The summed E-state index contributed by atoms with van der Waals surface area (Å²) in [6.07, 6.45) is -6.31. The lowest BCUT2D eigenvalue weighted by atomic mass is 9.89. The Hall–Kier alpha value is -2.33. The van der Waals surface area contributed by atoms with Crippen LogP contribution < -0.4 is 5.14 Å². The first-order valence-corrected chi connectivity index (χ1v) is 12.6. The average Bonchev–Trinajstić information content (AvgIpc) is 3.05. The summed E-state index contributed by atoms with van der Waals surface area (Å²) in [4.78, 5) is 0. The molecule has 2 aromatic carbocycles. The quantitative estimate of drug-likeness (QED) is 0.312. The second-order valence-corrected chi connectivity index (χ2v) is 12.6. The fourth-order valence-electron chi connectivity index (χ4n) is 4.39. The van der Waals surface area contributed by atoms with Gasteiger partial charge in [0, 0.05) is 35.1 Å². The summed E-state index contributed by atoms with van der Waals surface area (Å²) in [6.45, 7) is 9.14. The van der Waals surface area contributed by atoms with Crippen molar-refractivity contribution in [3.63, 3.8) is 0 Å². The molecule has 1 unspecified atom stereocenters. The fourth-order valence-corrected chi connectivity index (χ4v) is 4.74. The van der Waals surface area contributed by atoms with Gasteiger partial charge in [-0.05, 0) is 55.0 Å². The molecule has 10 heteroatoms. The topological polar surface area (TPSA) is 48.0 Å². The van der Waals surface area contributed by atoms with E-state index >= 15 is 4.39 Å². The van der Waals surface area contributed by atoms with Crippen LogP contribution in [0.2, 0.25) is 0 Å². The van der Waals surface area contributed by atoms with Gasteiger partial charge < -0.3 is 4.57 Å². The molecule has 3 nitrogen and oxygen atoms in total. The van der Waals surface area contributed by atoms with E-state index in [1.165, 1.54) is 44.3 Å². The standard InChI is InChI=1S/C26H30F6N2OS/c1-24(2,3)14-34-13-19(18(23(28)29)12-25(4,5)36(33)35)17-10-21(27)16(11-22(17)34)15-8-6-7-9-20(15)26(30,31)32/h6-11,13,18,23H,12,14,33H2,1-5H3/t18-,36?/m0/s1. The van der Waals surface area contributed by atoms with Gasteiger partial charge in [-0.25, -0.2) is 17.4 Å². The molecule has 0 radical (unpaired) electrons. The number of aromatic nitrogens is 1. The van der Waals surface area contributed by atoms with Crippen molar-refractivity contribution in [2.75, 3.05) is 0 Å². The minimum atomic E-state index is -4.71. The maximum atomic E-state index is 15.4. The molecule has 0 aliphatic rings. The number of hydrogen-bond donors (Lipinski definition) is 1. The van der Waals surface area contributed by atoms with Crippen LogP contribution in [0.15, 0.2) is 42.6 Å². The van der Waals surface area contributed by atoms with Gasteiger partial charge in [0.1, 0.15) is 5.82 Å². The van der Waals surface area contributed by atoms with Crippen LogP contribution in [-0.2, 0) is 23.7 Å². The van der Waals surface area contributed by atoms with Crippen molar-refractivity contribution in [3.8, 4) is 11.1 Å². The highest BCUT2D eigenvalue weighted by Crippen LogP contribution is 2.43. The third-order valence-electron chi connectivity index (χ3n) is 6.13. The summed E-state index contributed by atoms with van der Waals surface area (Å²) < 4.78 is 97.5. The number of halogens is 6. The van der Waals surface area contributed by atoms with E-state index in [9.17, 15) is 26.2 Å². The lowest BCUT2D eigenvalue weighted by Gasteiger charge is -2.27. The van der Waals surface area contributed by atoms with Gasteiger partial charge >= 0.3 is 6.18 Å². The fraction of sp³-hybridized carbons (Fsp3) is 0.462. The molecule has 198 valence electrons.